The Bertz CT molecular complexity index is 533. The molecule has 1 aromatic rings. The van der Waals surface area contributed by atoms with Gasteiger partial charge in [-0.25, -0.2) is 4.79 Å². The van der Waals surface area contributed by atoms with Crippen molar-refractivity contribution >= 4 is 35.7 Å². The second-order valence-corrected chi connectivity index (χ2v) is 5.55. The first-order chi connectivity index (χ1) is 10.6. The molecular formula is C16H25ClN4O2. The summed E-state index contributed by atoms with van der Waals surface area (Å²) >= 11 is 0. The van der Waals surface area contributed by atoms with E-state index in [1.807, 2.05) is 19.1 Å². The van der Waals surface area contributed by atoms with Gasteiger partial charge in [0.05, 0.1) is 17.4 Å². The second kappa shape index (κ2) is 9.37. The molecule has 1 aliphatic heterocycles. The van der Waals surface area contributed by atoms with Gasteiger partial charge in [-0.3, -0.25) is 4.79 Å². The number of nitrogens with two attached hydrogens (primary N) is 1. The molecule has 1 saturated heterocycles. The molecule has 0 bridgehead atoms. The van der Waals surface area contributed by atoms with Crippen LogP contribution in [0, 0.1) is 0 Å². The Morgan fingerprint density at radius 3 is 2.30 bits per heavy atom. The van der Waals surface area contributed by atoms with Crippen LogP contribution < -0.4 is 16.4 Å². The third-order valence-electron chi connectivity index (χ3n) is 3.76. The summed E-state index contributed by atoms with van der Waals surface area (Å²) in [7, 11) is 0. The number of nitrogens with zero attached hydrogens (tertiary/aromatic N) is 1. The Balaban J connectivity index is 0.00000264. The number of urea groups is 1. The molecule has 0 saturated carbocycles. The van der Waals surface area contributed by atoms with Crippen molar-refractivity contribution in [2.75, 3.05) is 23.7 Å². The Morgan fingerprint density at radius 1 is 1.17 bits per heavy atom. The van der Waals surface area contributed by atoms with Crippen molar-refractivity contribution in [1.82, 2.24) is 4.90 Å². The van der Waals surface area contributed by atoms with Crippen molar-refractivity contribution in [3.05, 3.63) is 24.3 Å². The standard InChI is InChI=1S/C16H24N4O2.ClH/c1-2-7-12(17)15(21)18-13-8-3-4-9-14(13)19-16(22)20-10-5-6-11-20;/h3-4,8-9,12H,2,5-7,10-11,17H2,1H3,(H,18,21)(H,19,22);1H. The smallest absolute Gasteiger partial charge is 0.321 e. The number of hydrogen-bond acceptors (Lipinski definition) is 3. The number of likely N-dealkylation sites (tertiary alicyclic amines) is 1. The summed E-state index contributed by atoms with van der Waals surface area (Å²) < 4.78 is 0. The van der Waals surface area contributed by atoms with Gasteiger partial charge in [-0.15, -0.1) is 12.4 Å². The van der Waals surface area contributed by atoms with Gasteiger partial charge in [0, 0.05) is 13.1 Å². The number of carbonyl (C=O) groups is 2. The molecular weight excluding hydrogens is 316 g/mol. The van der Waals surface area contributed by atoms with Gasteiger partial charge < -0.3 is 21.3 Å². The summed E-state index contributed by atoms with van der Waals surface area (Å²) in [4.78, 5) is 26.0. The lowest BCUT2D eigenvalue weighted by atomic mass is 10.1. The third-order valence-corrected chi connectivity index (χ3v) is 3.76. The van der Waals surface area contributed by atoms with Crippen LogP contribution in [0.2, 0.25) is 0 Å². The number of rotatable bonds is 5. The van der Waals surface area contributed by atoms with Crippen LogP contribution in [0.15, 0.2) is 24.3 Å². The van der Waals surface area contributed by atoms with Crippen LogP contribution in [0.5, 0.6) is 0 Å². The molecule has 1 atom stereocenters. The van der Waals surface area contributed by atoms with Crippen molar-refractivity contribution in [3.63, 3.8) is 0 Å². The van der Waals surface area contributed by atoms with Gasteiger partial charge in [-0.05, 0) is 31.4 Å². The highest BCUT2D eigenvalue weighted by Crippen LogP contribution is 2.22. The first-order valence-electron chi connectivity index (χ1n) is 7.83. The number of carbonyl (C=O) groups excluding carboxylic acids is 2. The number of halogens is 1. The molecule has 4 N–H and O–H groups in total. The van der Waals surface area contributed by atoms with Gasteiger partial charge in [-0.1, -0.05) is 25.5 Å². The predicted octanol–water partition coefficient (Wildman–Crippen LogP) is 2.80. The fourth-order valence-electron chi connectivity index (χ4n) is 2.48. The molecule has 128 valence electrons. The number of hydrogen-bond donors (Lipinski definition) is 3. The lowest BCUT2D eigenvalue weighted by molar-refractivity contribution is -0.117. The minimum atomic E-state index is -0.535. The van der Waals surface area contributed by atoms with E-state index < -0.39 is 6.04 Å². The average molecular weight is 341 g/mol. The monoisotopic (exact) mass is 340 g/mol. The lowest BCUT2D eigenvalue weighted by Gasteiger charge is -2.19. The number of para-hydroxylation sites is 2. The van der Waals surface area contributed by atoms with E-state index in [-0.39, 0.29) is 24.3 Å². The molecule has 0 aromatic heterocycles. The summed E-state index contributed by atoms with van der Waals surface area (Å²) in [5.41, 5.74) is 6.99. The Kier molecular flexibility index (Phi) is 7.85. The van der Waals surface area contributed by atoms with Crippen LogP contribution in [0.1, 0.15) is 32.6 Å². The van der Waals surface area contributed by atoms with Crippen molar-refractivity contribution < 1.29 is 9.59 Å². The molecule has 3 amide bonds. The van der Waals surface area contributed by atoms with Gasteiger partial charge in [0.15, 0.2) is 0 Å². The van der Waals surface area contributed by atoms with Crippen LogP contribution in [0.3, 0.4) is 0 Å². The van der Waals surface area contributed by atoms with Crippen LogP contribution in [-0.4, -0.2) is 36.0 Å². The number of nitrogens with one attached hydrogen (secondary N) is 2. The minimum absolute atomic E-state index is 0. The third kappa shape index (κ3) is 5.41. The largest absolute Gasteiger partial charge is 0.325 e. The topological polar surface area (TPSA) is 87.5 Å². The van der Waals surface area contributed by atoms with Crippen LogP contribution in [0.4, 0.5) is 16.2 Å². The zero-order valence-corrected chi connectivity index (χ0v) is 14.2. The number of benzene rings is 1. The second-order valence-electron chi connectivity index (χ2n) is 5.55. The molecule has 1 unspecified atom stereocenters. The molecule has 1 aromatic carbocycles. The fraction of sp³-hybridized carbons (Fsp3) is 0.500. The molecule has 23 heavy (non-hydrogen) atoms. The van der Waals surface area contributed by atoms with Crippen molar-refractivity contribution in [2.24, 2.45) is 5.73 Å². The van der Waals surface area contributed by atoms with Gasteiger partial charge in [0.2, 0.25) is 5.91 Å². The molecule has 1 aliphatic rings. The quantitative estimate of drug-likeness (QED) is 0.770. The summed E-state index contributed by atoms with van der Waals surface area (Å²) in [6.45, 7) is 3.54. The summed E-state index contributed by atoms with van der Waals surface area (Å²) in [5.74, 6) is -0.232. The van der Waals surface area contributed by atoms with E-state index >= 15 is 0 Å². The van der Waals surface area contributed by atoms with Gasteiger partial charge in [0.25, 0.3) is 0 Å². The van der Waals surface area contributed by atoms with Crippen molar-refractivity contribution in [1.29, 1.82) is 0 Å². The van der Waals surface area contributed by atoms with E-state index in [2.05, 4.69) is 10.6 Å². The Hall–Kier alpha value is -1.79. The number of anilines is 2. The maximum absolute atomic E-state index is 12.2. The van der Waals surface area contributed by atoms with E-state index in [0.717, 1.165) is 32.4 Å². The lowest BCUT2D eigenvalue weighted by Crippen LogP contribution is -2.36. The molecule has 0 radical (unpaired) electrons. The van der Waals surface area contributed by atoms with E-state index in [1.54, 1.807) is 17.0 Å². The van der Waals surface area contributed by atoms with Gasteiger partial charge in [-0.2, -0.15) is 0 Å². The Morgan fingerprint density at radius 2 is 1.74 bits per heavy atom. The summed E-state index contributed by atoms with van der Waals surface area (Å²) in [6, 6.07) is 6.50. The molecule has 7 heteroatoms. The van der Waals surface area contributed by atoms with Gasteiger partial charge >= 0.3 is 6.03 Å². The minimum Gasteiger partial charge on any atom is -0.325 e. The van der Waals surface area contributed by atoms with Crippen LogP contribution >= 0.6 is 12.4 Å². The molecule has 0 aliphatic carbocycles. The zero-order chi connectivity index (χ0) is 15.9. The SMILES string of the molecule is CCCC(N)C(=O)Nc1ccccc1NC(=O)N1CCCC1.Cl. The molecule has 2 rings (SSSR count). The maximum atomic E-state index is 12.2. The van der Waals surface area contributed by atoms with E-state index in [1.165, 1.54) is 0 Å². The van der Waals surface area contributed by atoms with Crippen molar-refractivity contribution in [3.8, 4) is 0 Å². The molecule has 1 fully saturated rings. The highest BCUT2D eigenvalue weighted by Gasteiger charge is 2.19. The van der Waals surface area contributed by atoms with Crippen molar-refractivity contribution in [2.45, 2.75) is 38.6 Å². The normalized spacial score (nSPS) is 14.8. The number of amides is 3. The maximum Gasteiger partial charge on any atom is 0.321 e. The highest BCUT2D eigenvalue weighted by molar-refractivity contribution is 6.00. The van der Waals surface area contributed by atoms with Gasteiger partial charge in [0.1, 0.15) is 0 Å². The summed E-state index contributed by atoms with van der Waals surface area (Å²) in [5, 5.41) is 5.65. The molecule has 6 nitrogen and oxygen atoms in total. The fourth-order valence-corrected chi connectivity index (χ4v) is 2.48. The molecule has 1 heterocycles. The first-order valence-corrected chi connectivity index (χ1v) is 7.83. The zero-order valence-electron chi connectivity index (χ0n) is 13.4. The first kappa shape index (κ1) is 19.3. The van der Waals surface area contributed by atoms with E-state index in [4.69, 9.17) is 5.73 Å². The van der Waals surface area contributed by atoms with Crippen LogP contribution in [-0.2, 0) is 4.79 Å². The average Bonchev–Trinajstić information content (AvgIpc) is 3.03. The summed E-state index contributed by atoms with van der Waals surface area (Å²) in [6.07, 6.45) is 3.56. The molecule has 0 spiro atoms. The van der Waals surface area contributed by atoms with E-state index in [9.17, 15) is 9.59 Å². The predicted molar refractivity (Wildman–Crippen MR) is 95.0 cm³/mol. The Labute approximate surface area is 143 Å². The van der Waals surface area contributed by atoms with Crippen LogP contribution in [0.25, 0.3) is 0 Å². The van der Waals surface area contributed by atoms with E-state index in [0.29, 0.717) is 17.8 Å². The highest BCUT2D eigenvalue weighted by atomic mass is 35.5.